The van der Waals surface area contributed by atoms with Crippen LogP contribution >= 0.6 is 0 Å². The third-order valence-electron chi connectivity index (χ3n) is 6.50. The highest BCUT2D eigenvalue weighted by Crippen LogP contribution is 2.43. The summed E-state index contributed by atoms with van der Waals surface area (Å²) in [5.41, 5.74) is 6.87. The van der Waals surface area contributed by atoms with Gasteiger partial charge in [0.2, 0.25) is 0 Å². The fraction of sp³-hybridized carbons (Fsp3) is 0.259. The Hall–Kier alpha value is -3.76. The van der Waals surface area contributed by atoms with Gasteiger partial charge < -0.3 is 9.64 Å². The van der Waals surface area contributed by atoms with Crippen molar-refractivity contribution in [3.05, 3.63) is 105 Å². The molecular weight excluding hydrogens is 382 g/mol. The Kier molecular flexibility index (Phi) is 4.64. The van der Waals surface area contributed by atoms with Crippen LogP contribution in [0.1, 0.15) is 28.7 Å². The normalized spacial score (nSPS) is 20.0. The van der Waals surface area contributed by atoms with Crippen molar-refractivity contribution < 1.29 is 4.74 Å². The van der Waals surface area contributed by atoms with Crippen LogP contribution in [0, 0.1) is 17.9 Å². The molecule has 0 aromatic heterocycles. The Morgan fingerprint density at radius 1 is 1.13 bits per heavy atom. The van der Waals surface area contributed by atoms with Gasteiger partial charge in [-0.2, -0.15) is 0 Å². The Labute approximate surface area is 183 Å². The minimum absolute atomic E-state index is 0.157. The zero-order chi connectivity index (χ0) is 21.4. The summed E-state index contributed by atoms with van der Waals surface area (Å²) in [5, 5.41) is 9.47. The Bertz CT molecular complexity index is 1190. The third-order valence-corrected chi connectivity index (χ3v) is 6.50. The lowest BCUT2D eigenvalue weighted by Crippen LogP contribution is -2.36. The molecule has 0 amide bonds. The SMILES string of the molecule is [C-]#[N+]C(C#N)=C1C=C(C=Cc2ccc3c(c2)CCN3C)OC2(C1)Cc1ccccc1C2. The van der Waals surface area contributed by atoms with E-state index in [1.54, 1.807) is 0 Å². The van der Waals surface area contributed by atoms with Crippen molar-refractivity contribution in [2.24, 2.45) is 0 Å². The van der Waals surface area contributed by atoms with E-state index >= 15 is 0 Å². The van der Waals surface area contributed by atoms with Crippen LogP contribution in [-0.2, 0) is 24.0 Å². The highest BCUT2D eigenvalue weighted by molar-refractivity contribution is 5.64. The molecule has 0 fully saturated rings. The second kappa shape index (κ2) is 7.49. The summed E-state index contributed by atoms with van der Waals surface area (Å²) >= 11 is 0. The first-order valence-corrected chi connectivity index (χ1v) is 10.6. The van der Waals surface area contributed by atoms with Crippen molar-refractivity contribution in [2.45, 2.75) is 31.3 Å². The van der Waals surface area contributed by atoms with Gasteiger partial charge in [-0.05, 0) is 58.5 Å². The maximum atomic E-state index is 9.47. The number of hydrogen-bond donors (Lipinski definition) is 0. The molecule has 4 heteroatoms. The van der Waals surface area contributed by atoms with Crippen molar-refractivity contribution in [1.82, 2.24) is 0 Å². The number of fused-ring (bicyclic) bond motifs is 2. The predicted octanol–water partition coefficient (Wildman–Crippen LogP) is 5.23. The van der Waals surface area contributed by atoms with E-state index in [1.807, 2.05) is 12.2 Å². The molecule has 2 aliphatic heterocycles. The van der Waals surface area contributed by atoms with Gasteiger partial charge in [0.1, 0.15) is 11.4 Å². The zero-order valence-electron chi connectivity index (χ0n) is 17.6. The monoisotopic (exact) mass is 405 g/mol. The summed E-state index contributed by atoms with van der Waals surface area (Å²) in [5.74, 6) is 0.711. The number of rotatable bonds is 2. The number of likely N-dealkylation sites (N-methyl/N-ethyl adjacent to an activating group) is 1. The molecule has 152 valence electrons. The lowest BCUT2D eigenvalue weighted by Gasteiger charge is -2.35. The standard InChI is InChI=1S/C27H23N3O/c1-29-25(18-28)23-14-24(9-7-19-8-10-26-20(13-19)11-12-30(26)2)31-27(17-23)15-21-5-3-4-6-22(21)16-27/h3-10,13-14H,11-12,15-17H2,2H3. The third kappa shape index (κ3) is 3.51. The van der Waals surface area contributed by atoms with Crippen molar-refractivity contribution in [1.29, 1.82) is 5.26 Å². The number of allylic oxidation sites excluding steroid dienone is 3. The highest BCUT2D eigenvalue weighted by Gasteiger charge is 2.42. The molecular formula is C27H23N3O. The summed E-state index contributed by atoms with van der Waals surface area (Å²) in [4.78, 5) is 5.75. The van der Waals surface area contributed by atoms with E-state index in [9.17, 15) is 5.26 Å². The fourth-order valence-electron chi connectivity index (χ4n) is 5.01. The van der Waals surface area contributed by atoms with Crippen LogP contribution < -0.4 is 4.90 Å². The van der Waals surface area contributed by atoms with Gasteiger partial charge in [-0.25, -0.2) is 10.1 Å². The minimum atomic E-state index is -0.430. The summed E-state index contributed by atoms with van der Waals surface area (Å²) in [7, 11) is 2.12. The molecule has 2 heterocycles. The van der Waals surface area contributed by atoms with Crippen LogP contribution in [0.15, 0.2) is 71.6 Å². The molecule has 0 atom stereocenters. The molecule has 0 unspecified atom stereocenters. The van der Waals surface area contributed by atoms with Gasteiger partial charge in [0.05, 0.1) is 12.6 Å². The van der Waals surface area contributed by atoms with Gasteiger partial charge in [-0.1, -0.05) is 36.4 Å². The van der Waals surface area contributed by atoms with Crippen LogP contribution in [0.4, 0.5) is 5.69 Å². The van der Waals surface area contributed by atoms with E-state index < -0.39 is 5.60 Å². The molecule has 1 spiro atoms. The van der Waals surface area contributed by atoms with Crippen LogP contribution in [0.5, 0.6) is 0 Å². The van der Waals surface area contributed by atoms with Crippen molar-refractivity contribution >= 4 is 11.8 Å². The molecule has 2 aromatic rings. The molecule has 1 aliphatic carbocycles. The van der Waals surface area contributed by atoms with E-state index in [-0.39, 0.29) is 5.70 Å². The van der Waals surface area contributed by atoms with Gasteiger partial charge in [0.15, 0.2) is 0 Å². The average molecular weight is 406 g/mol. The summed E-state index contributed by atoms with van der Waals surface area (Å²) in [6.45, 7) is 8.48. The number of nitriles is 1. The molecule has 0 N–H and O–H groups in total. The van der Waals surface area contributed by atoms with E-state index in [0.29, 0.717) is 12.2 Å². The zero-order valence-corrected chi connectivity index (χ0v) is 17.6. The van der Waals surface area contributed by atoms with Gasteiger partial charge in [-0.3, -0.25) is 0 Å². The average Bonchev–Trinajstić information content (AvgIpc) is 3.32. The molecule has 0 radical (unpaired) electrons. The molecule has 4 nitrogen and oxygen atoms in total. The maximum absolute atomic E-state index is 9.47. The molecule has 31 heavy (non-hydrogen) atoms. The summed E-state index contributed by atoms with van der Waals surface area (Å²) in [6, 6.07) is 17.0. The number of nitrogens with zero attached hydrogens (tertiary/aromatic N) is 3. The van der Waals surface area contributed by atoms with Crippen molar-refractivity contribution in [3.63, 3.8) is 0 Å². The van der Waals surface area contributed by atoms with Gasteiger partial charge >= 0.3 is 0 Å². The molecule has 3 aliphatic rings. The van der Waals surface area contributed by atoms with Gasteiger partial charge in [0.25, 0.3) is 5.70 Å². The van der Waals surface area contributed by atoms with E-state index in [0.717, 1.165) is 36.9 Å². The van der Waals surface area contributed by atoms with Gasteiger partial charge in [0, 0.05) is 38.5 Å². The fourth-order valence-corrected chi connectivity index (χ4v) is 5.01. The largest absolute Gasteiger partial charge is 0.486 e. The van der Waals surface area contributed by atoms with Crippen LogP contribution in [0.3, 0.4) is 0 Å². The van der Waals surface area contributed by atoms with Gasteiger partial charge in [-0.15, -0.1) is 0 Å². The second-order valence-corrected chi connectivity index (χ2v) is 8.62. The lowest BCUT2D eigenvalue weighted by atomic mass is 9.87. The second-order valence-electron chi connectivity index (χ2n) is 8.62. The Morgan fingerprint density at radius 2 is 1.90 bits per heavy atom. The predicted molar refractivity (Wildman–Crippen MR) is 122 cm³/mol. The summed E-state index contributed by atoms with van der Waals surface area (Å²) in [6.07, 6.45) is 9.13. The first-order chi connectivity index (χ1) is 15.1. The lowest BCUT2D eigenvalue weighted by molar-refractivity contribution is 0.0108. The summed E-state index contributed by atoms with van der Waals surface area (Å²) < 4.78 is 6.54. The van der Waals surface area contributed by atoms with Crippen LogP contribution in [-0.4, -0.2) is 19.2 Å². The Morgan fingerprint density at radius 3 is 2.61 bits per heavy atom. The first-order valence-electron chi connectivity index (χ1n) is 10.6. The number of hydrogen-bond acceptors (Lipinski definition) is 3. The topological polar surface area (TPSA) is 40.6 Å². The van der Waals surface area contributed by atoms with Crippen molar-refractivity contribution in [2.75, 3.05) is 18.5 Å². The molecule has 0 saturated heterocycles. The highest BCUT2D eigenvalue weighted by atomic mass is 16.5. The van der Waals surface area contributed by atoms with Crippen LogP contribution in [0.2, 0.25) is 0 Å². The molecule has 0 bridgehead atoms. The maximum Gasteiger partial charge on any atom is 0.265 e. The Balaban J connectivity index is 1.47. The quantitative estimate of drug-likeness (QED) is 0.507. The number of benzene rings is 2. The molecule has 0 saturated carbocycles. The minimum Gasteiger partial charge on any atom is -0.486 e. The van der Waals surface area contributed by atoms with E-state index in [4.69, 9.17) is 11.3 Å². The van der Waals surface area contributed by atoms with E-state index in [1.165, 1.54) is 22.4 Å². The van der Waals surface area contributed by atoms with E-state index in [2.05, 4.69) is 71.4 Å². The molecule has 5 rings (SSSR count). The molecule has 2 aromatic carbocycles. The van der Waals surface area contributed by atoms with Crippen LogP contribution in [0.25, 0.3) is 10.9 Å². The first kappa shape index (κ1) is 19.2. The smallest absolute Gasteiger partial charge is 0.265 e. The van der Waals surface area contributed by atoms with Crippen molar-refractivity contribution in [3.8, 4) is 6.07 Å². The number of anilines is 1. The number of ether oxygens (including phenoxy) is 1.